The Hall–Kier alpha value is -3.26. The first-order chi connectivity index (χ1) is 15.0. The smallest absolute Gasteiger partial charge is 0.329 e. The molecule has 0 spiro atoms. The van der Waals surface area contributed by atoms with Crippen LogP contribution in [0.5, 0.6) is 0 Å². The average molecular weight is 422 g/mol. The molecule has 0 bridgehead atoms. The summed E-state index contributed by atoms with van der Waals surface area (Å²) in [6.07, 6.45) is 4.46. The van der Waals surface area contributed by atoms with E-state index in [9.17, 15) is 14.4 Å². The van der Waals surface area contributed by atoms with Crippen LogP contribution >= 0.6 is 0 Å². The van der Waals surface area contributed by atoms with Crippen molar-refractivity contribution in [3.05, 3.63) is 75.2 Å². The first kappa shape index (κ1) is 21.0. The predicted molar refractivity (Wildman–Crippen MR) is 119 cm³/mol. The standard InChI is InChI=1S/C23H27N5O3/c1-26(18-10-14-27(15-11-18)13-9-17-6-4-5-12-24-17)21(29)16-28-22(30)19-7-2-3-8-20(19)25-23(28)31/h2-8,12,18H,9-11,13-16H2,1H3,(H,25,31). The Bertz CT molecular complexity index is 1160. The molecular weight excluding hydrogens is 394 g/mol. The summed E-state index contributed by atoms with van der Waals surface area (Å²) < 4.78 is 0.989. The van der Waals surface area contributed by atoms with Crippen LogP contribution < -0.4 is 11.2 Å². The van der Waals surface area contributed by atoms with E-state index in [1.807, 2.05) is 24.4 Å². The van der Waals surface area contributed by atoms with E-state index in [0.717, 1.165) is 49.2 Å². The molecule has 1 aromatic carbocycles. The topological polar surface area (TPSA) is 91.3 Å². The van der Waals surface area contributed by atoms with Gasteiger partial charge in [-0.2, -0.15) is 0 Å². The minimum absolute atomic E-state index is 0.105. The normalized spacial score (nSPS) is 15.3. The van der Waals surface area contributed by atoms with Gasteiger partial charge < -0.3 is 14.8 Å². The van der Waals surface area contributed by atoms with Crippen LogP contribution in [0.2, 0.25) is 0 Å². The van der Waals surface area contributed by atoms with Crippen LogP contribution in [0.15, 0.2) is 58.3 Å². The number of pyridine rings is 1. The third-order valence-electron chi connectivity index (χ3n) is 6.09. The van der Waals surface area contributed by atoms with Crippen molar-refractivity contribution in [2.24, 2.45) is 0 Å². The van der Waals surface area contributed by atoms with Gasteiger partial charge in [-0.25, -0.2) is 4.79 Å². The number of para-hydroxylation sites is 1. The van der Waals surface area contributed by atoms with Crippen molar-refractivity contribution in [3.63, 3.8) is 0 Å². The number of likely N-dealkylation sites (N-methyl/N-ethyl adjacent to an activating group) is 1. The maximum Gasteiger partial charge on any atom is 0.329 e. The molecule has 0 saturated carbocycles. The lowest BCUT2D eigenvalue weighted by Gasteiger charge is -2.36. The molecule has 2 aromatic heterocycles. The molecule has 3 heterocycles. The molecule has 0 radical (unpaired) electrons. The molecule has 1 amide bonds. The van der Waals surface area contributed by atoms with Crippen molar-refractivity contribution in [1.29, 1.82) is 0 Å². The number of nitrogens with zero attached hydrogens (tertiary/aromatic N) is 4. The highest BCUT2D eigenvalue weighted by molar-refractivity contribution is 5.79. The molecule has 8 heteroatoms. The zero-order chi connectivity index (χ0) is 21.8. The third-order valence-corrected chi connectivity index (χ3v) is 6.09. The molecule has 0 aliphatic carbocycles. The summed E-state index contributed by atoms with van der Waals surface area (Å²) in [5.41, 5.74) is 0.566. The summed E-state index contributed by atoms with van der Waals surface area (Å²) in [5, 5.41) is 0.402. The maximum atomic E-state index is 12.8. The Morgan fingerprint density at radius 3 is 2.61 bits per heavy atom. The molecule has 1 aliphatic rings. The maximum absolute atomic E-state index is 12.8. The summed E-state index contributed by atoms with van der Waals surface area (Å²) in [7, 11) is 1.76. The minimum atomic E-state index is -0.560. The molecule has 0 unspecified atom stereocenters. The Morgan fingerprint density at radius 1 is 1.13 bits per heavy atom. The van der Waals surface area contributed by atoms with Crippen molar-refractivity contribution in [3.8, 4) is 0 Å². The lowest BCUT2D eigenvalue weighted by molar-refractivity contribution is -0.133. The van der Waals surface area contributed by atoms with Crippen molar-refractivity contribution in [2.75, 3.05) is 26.7 Å². The van der Waals surface area contributed by atoms with Gasteiger partial charge in [-0.1, -0.05) is 18.2 Å². The second kappa shape index (κ2) is 9.26. The van der Waals surface area contributed by atoms with Gasteiger partial charge in [-0.15, -0.1) is 0 Å². The van der Waals surface area contributed by atoms with Gasteiger partial charge in [0.1, 0.15) is 6.54 Å². The largest absolute Gasteiger partial charge is 0.341 e. The highest BCUT2D eigenvalue weighted by atomic mass is 16.2. The number of likely N-dealkylation sites (tertiary alicyclic amines) is 1. The molecule has 1 aliphatic heterocycles. The number of hydrogen-bond donors (Lipinski definition) is 1. The number of benzene rings is 1. The van der Waals surface area contributed by atoms with Gasteiger partial charge in [-0.05, 0) is 37.1 Å². The molecule has 162 valence electrons. The SMILES string of the molecule is CN(C(=O)Cn1c(=O)[nH]c2ccccc2c1=O)C1CCN(CCc2ccccn2)CC1. The summed E-state index contributed by atoms with van der Waals surface area (Å²) in [4.78, 5) is 49.0. The number of rotatable bonds is 6. The van der Waals surface area contributed by atoms with Crippen LogP contribution in [-0.2, 0) is 17.8 Å². The van der Waals surface area contributed by atoms with E-state index >= 15 is 0 Å². The number of nitrogens with one attached hydrogen (secondary N) is 1. The fourth-order valence-corrected chi connectivity index (χ4v) is 4.14. The van der Waals surface area contributed by atoms with Crippen LogP contribution in [0, 0.1) is 0 Å². The molecular formula is C23H27N5O3. The van der Waals surface area contributed by atoms with E-state index in [1.54, 1.807) is 36.2 Å². The number of carbonyl (C=O) groups is 1. The van der Waals surface area contributed by atoms with Gasteiger partial charge in [0.05, 0.1) is 10.9 Å². The Morgan fingerprint density at radius 2 is 1.87 bits per heavy atom. The first-order valence-electron chi connectivity index (χ1n) is 10.6. The van der Waals surface area contributed by atoms with Gasteiger partial charge in [0.15, 0.2) is 0 Å². The number of aromatic amines is 1. The monoisotopic (exact) mass is 421 g/mol. The van der Waals surface area contributed by atoms with Crippen molar-refractivity contribution < 1.29 is 4.79 Å². The summed E-state index contributed by atoms with van der Waals surface area (Å²) in [6, 6.07) is 12.9. The van der Waals surface area contributed by atoms with Crippen LogP contribution in [-0.4, -0.2) is 63.0 Å². The van der Waals surface area contributed by atoms with Crippen molar-refractivity contribution in [1.82, 2.24) is 24.3 Å². The van der Waals surface area contributed by atoms with E-state index in [1.165, 1.54) is 0 Å². The Labute approximate surface area is 180 Å². The summed E-state index contributed by atoms with van der Waals surface area (Å²) >= 11 is 0. The van der Waals surface area contributed by atoms with Crippen LogP contribution in [0.1, 0.15) is 18.5 Å². The molecule has 8 nitrogen and oxygen atoms in total. The number of hydrogen-bond acceptors (Lipinski definition) is 5. The quantitative estimate of drug-likeness (QED) is 0.647. The number of amides is 1. The molecule has 0 atom stereocenters. The van der Waals surface area contributed by atoms with E-state index in [4.69, 9.17) is 0 Å². The summed E-state index contributed by atoms with van der Waals surface area (Å²) in [6.45, 7) is 2.51. The van der Waals surface area contributed by atoms with Gasteiger partial charge in [0.2, 0.25) is 5.91 Å². The molecule has 1 N–H and O–H groups in total. The fourth-order valence-electron chi connectivity index (χ4n) is 4.14. The highest BCUT2D eigenvalue weighted by Crippen LogP contribution is 2.16. The molecule has 3 aromatic rings. The lowest BCUT2D eigenvalue weighted by Crippen LogP contribution is -2.48. The number of aromatic nitrogens is 3. The second-order valence-electron chi connectivity index (χ2n) is 8.02. The highest BCUT2D eigenvalue weighted by Gasteiger charge is 2.26. The molecule has 31 heavy (non-hydrogen) atoms. The summed E-state index contributed by atoms with van der Waals surface area (Å²) in [5.74, 6) is -0.227. The van der Waals surface area contributed by atoms with E-state index in [0.29, 0.717) is 10.9 Å². The molecule has 4 rings (SSSR count). The average Bonchev–Trinajstić information content (AvgIpc) is 2.81. The number of H-pyrrole nitrogens is 1. The third kappa shape index (κ3) is 4.74. The zero-order valence-corrected chi connectivity index (χ0v) is 17.7. The Kier molecular flexibility index (Phi) is 6.27. The number of fused-ring (bicyclic) bond motifs is 1. The van der Waals surface area contributed by atoms with Crippen LogP contribution in [0.3, 0.4) is 0 Å². The van der Waals surface area contributed by atoms with Gasteiger partial charge in [-0.3, -0.25) is 19.1 Å². The lowest BCUT2D eigenvalue weighted by atomic mass is 10.0. The van der Waals surface area contributed by atoms with E-state index in [2.05, 4.69) is 14.9 Å². The number of carbonyl (C=O) groups excluding carboxylic acids is 1. The van der Waals surface area contributed by atoms with Crippen molar-refractivity contribution in [2.45, 2.75) is 31.8 Å². The van der Waals surface area contributed by atoms with Crippen LogP contribution in [0.25, 0.3) is 10.9 Å². The molecule has 1 saturated heterocycles. The van der Waals surface area contributed by atoms with Gasteiger partial charge in [0.25, 0.3) is 5.56 Å². The first-order valence-corrected chi connectivity index (χ1v) is 10.6. The van der Waals surface area contributed by atoms with Crippen molar-refractivity contribution >= 4 is 16.8 Å². The van der Waals surface area contributed by atoms with Crippen LogP contribution in [0.4, 0.5) is 0 Å². The fraction of sp³-hybridized carbons (Fsp3) is 0.391. The van der Waals surface area contributed by atoms with Gasteiger partial charge in [0, 0.05) is 51.0 Å². The number of piperidine rings is 1. The Balaban J connectivity index is 1.35. The zero-order valence-electron chi connectivity index (χ0n) is 17.7. The minimum Gasteiger partial charge on any atom is -0.341 e. The van der Waals surface area contributed by atoms with E-state index < -0.39 is 11.2 Å². The predicted octanol–water partition coefficient (Wildman–Crippen LogP) is 1.25. The second-order valence-corrected chi connectivity index (χ2v) is 8.02. The van der Waals surface area contributed by atoms with Gasteiger partial charge >= 0.3 is 5.69 Å². The van der Waals surface area contributed by atoms with E-state index in [-0.39, 0.29) is 18.5 Å². The molecule has 1 fully saturated rings.